The van der Waals surface area contributed by atoms with E-state index in [9.17, 15) is 14.3 Å². The Balaban J connectivity index is 1.45. The fourth-order valence-electron chi connectivity index (χ4n) is 3.44. The van der Waals surface area contributed by atoms with Crippen LogP contribution in [0.5, 0.6) is 17.2 Å². The molecule has 1 N–H and O–H groups in total. The summed E-state index contributed by atoms with van der Waals surface area (Å²) in [5.41, 5.74) is 2.54. The van der Waals surface area contributed by atoms with Crippen LogP contribution in [-0.2, 0) is 4.74 Å². The van der Waals surface area contributed by atoms with Crippen molar-refractivity contribution in [1.82, 2.24) is 20.0 Å². The summed E-state index contributed by atoms with van der Waals surface area (Å²) in [6.45, 7) is 0. The number of esters is 1. The van der Waals surface area contributed by atoms with Gasteiger partial charge < -0.3 is 14.6 Å². The summed E-state index contributed by atoms with van der Waals surface area (Å²) in [7, 11) is 1.32. The van der Waals surface area contributed by atoms with Crippen LogP contribution in [0.2, 0.25) is 0 Å². The predicted molar refractivity (Wildman–Crippen MR) is 122 cm³/mol. The minimum absolute atomic E-state index is 0.386. The molecule has 5 aromatic rings. The van der Waals surface area contributed by atoms with Crippen LogP contribution in [-0.4, -0.2) is 38.2 Å². The van der Waals surface area contributed by atoms with E-state index in [1.807, 2.05) is 24.3 Å². The van der Waals surface area contributed by atoms with E-state index in [1.165, 1.54) is 30.0 Å². The number of phenols is 1. The van der Waals surface area contributed by atoms with E-state index in [-0.39, 0.29) is 0 Å². The van der Waals surface area contributed by atoms with E-state index in [4.69, 9.17) is 9.47 Å². The number of aromatic hydroxyl groups is 1. The van der Waals surface area contributed by atoms with Crippen molar-refractivity contribution in [3.63, 3.8) is 0 Å². The topological polar surface area (TPSA) is 99.4 Å². The highest BCUT2D eigenvalue weighted by Crippen LogP contribution is 2.31. The van der Waals surface area contributed by atoms with Crippen LogP contribution < -0.4 is 4.74 Å². The number of nitrogens with zero attached hydrogens (tertiary/aromatic N) is 4. The maximum absolute atomic E-state index is 13.7. The third-order valence-electron chi connectivity index (χ3n) is 5.13. The molecule has 168 valence electrons. The molecule has 0 fully saturated rings. The van der Waals surface area contributed by atoms with Gasteiger partial charge >= 0.3 is 5.97 Å². The lowest BCUT2D eigenvalue weighted by atomic mass is 10.1. The largest absolute Gasteiger partial charge is 0.505 e. The lowest BCUT2D eigenvalue weighted by molar-refractivity contribution is 0.0600. The molecule has 2 aromatic heterocycles. The number of phenolic OH excluding ortho intramolecular Hbond substituents is 1. The number of rotatable bonds is 5. The third-order valence-corrected chi connectivity index (χ3v) is 5.13. The number of pyridine rings is 1. The quantitative estimate of drug-likeness (QED) is 0.375. The zero-order valence-electron chi connectivity index (χ0n) is 17.8. The Hall–Kier alpha value is -4.79. The van der Waals surface area contributed by atoms with Crippen molar-refractivity contribution >= 4 is 16.9 Å². The number of aromatic nitrogens is 4. The van der Waals surface area contributed by atoms with E-state index in [2.05, 4.69) is 15.3 Å². The summed E-state index contributed by atoms with van der Waals surface area (Å²) < 4.78 is 25.9. The van der Waals surface area contributed by atoms with Gasteiger partial charge in [0.05, 0.1) is 35.8 Å². The number of carbonyl (C=O) groups excluding carboxylic acids is 1. The molecule has 0 saturated heterocycles. The van der Waals surface area contributed by atoms with E-state index in [0.717, 1.165) is 5.39 Å². The minimum atomic E-state index is -0.747. The number of halogens is 1. The fourth-order valence-corrected chi connectivity index (χ4v) is 3.44. The summed E-state index contributed by atoms with van der Waals surface area (Å²) in [6, 6.07) is 19.8. The molecular weight excluding hydrogens is 439 g/mol. The van der Waals surface area contributed by atoms with Crippen LogP contribution in [0.1, 0.15) is 10.4 Å². The van der Waals surface area contributed by atoms with Gasteiger partial charge in [-0.3, -0.25) is 0 Å². The molecule has 3 aromatic carbocycles. The molecule has 0 radical (unpaired) electrons. The Bertz CT molecular complexity index is 1530. The summed E-state index contributed by atoms with van der Waals surface area (Å²) in [5, 5.41) is 18.3. The van der Waals surface area contributed by atoms with Gasteiger partial charge in [-0.15, -0.1) is 5.10 Å². The Morgan fingerprint density at radius 2 is 1.85 bits per heavy atom. The number of hydrogen-bond acceptors (Lipinski definition) is 7. The van der Waals surface area contributed by atoms with Gasteiger partial charge in [0.15, 0.2) is 11.6 Å². The summed E-state index contributed by atoms with van der Waals surface area (Å²) in [5.74, 6) is -0.568. The van der Waals surface area contributed by atoms with Crippen LogP contribution in [0, 0.1) is 5.82 Å². The molecule has 0 unspecified atom stereocenters. The monoisotopic (exact) mass is 456 g/mol. The maximum atomic E-state index is 13.7. The number of fused-ring (bicyclic) bond motifs is 1. The molecule has 0 aliphatic heterocycles. The minimum Gasteiger partial charge on any atom is -0.505 e. The molecule has 2 heterocycles. The van der Waals surface area contributed by atoms with Crippen LogP contribution in [0.3, 0.4) is 0 Å². The van der Waals surface area contributed by atoms with E-state index < -0.39 is 17.5 Å². The maximum Gasteiger partial charge on any atom is 0.337 e. The zero-order valence-corrected chi connectivity index (χ0v) is 17.8. The molecular formula is C25H17FN4O4. The molecule has 34 heavy (non-hydrogen) atoms. The van der Waals surface area contributed by atoms with Gasteiger partial charge in [0, 0.05) is 11.5 Å². The Morgan fingerprint density at radius 3 is 2.68 bits per heavy atom. The highest BCUT2D eigenvalue weighted by molar-refractivity contribution is 5.90. The second-order valence-corrected chi connectivity index (χ2v) is 7.32. The lowest BCUT2D eigenvalue weighted by Crippen LogP contribution is -2.00. The van der Waals surface area contributed by atoms with Gasteiger partial charge in [0.2, 0.25) is 0 Å². The number of benzene rings is 3. The molecule has 0 spiro atoms. The van der Waals surface area contributed by atoms with Crippen molar-refractivity contribution in [3.8, 4) is 34.3 Å². The average molecular weight is 456 g/mol. The summed E-state index contributed by atoms with van der Waals surface area (Å²) >= 11 is 0. The average Bonchev–Trinajstić information content (AvgIpc) is 3.36. The zero-order chi connectivity index (χ0) is 23.7. The molecule has 0 atom stereocenters. The van der Waals surface area contributed by atoms with Crippen molar-refractivity contribution in [3.05, 3.63) is 90.4 Å². The highest BCUT2D eigenvalue weighted by Gasteiger charge is 2.12. The van der Waals surface area contributed by atoms with Gasteiger partial charge in [-0.1, -0.05) is 17.3 Å². The molecule has 8 nitrogen and oxygen atoms in total. The van der Waals surface area contributed by atoms with Crippen molar-refractivity contribution in [2.24, 2.45) is 0 Å². The predicted octanol–water partition coefficient (Wildman–Crippen LogP) is 4.91. The fraction of sp³-hybridized carbons (Fsp3) is 0.0400. The van der Waals surface area contributed by atoms with Gasteiger partial charge in [-0.2, -0.15) is 0 Å². The first-order chi connectivity index (χ1) is 16.5. The summed E-state index contributed by atoms with van der Waals surface area (Å²) in [6.07, 6.45) is 1.62. The van der Waals surface area contributed by atoms with Crippen LogP contribution in [0.15, 0.2) is 79.0 Å². The first-order valence-corrected chi connectivity index (χ1v) is 10.2. The lowest BCUT2D eigenvalue weighted by Gasteiger charge is -2.10. The molecule has 0 saturated carbocycles. The van der Waals surface area contributed by atoms with Crippen LogP contribution in [0.4, 0.5) is 4.39 Å². The smallest absolute Gasteiger partial charge is 0.337 e. The first-order valence-electron chi connectivity index (χ1n) is 10.2. The van der Waals surface area contributed by atoms with Gasteiger partial charge in [0.1, 0.15) is 17.2 Å². The Kier molecular flexibility index (Phi) is 5.35. The van der Waals surface area contributed by atoms with Crippen molar-refractivity contribution in [2.45, 2.75) is 0 Å². The molecule has 0 aliphatic rings. The number of methoxy groups -OCH3 is 1. The Labute approximate surface area is 192 Å². The number of hydrogen-bond donors (Lipinski definition) is 1. The van der Waals surface area contributed by atoms with E-state index >= 15 is 0 Å². The highest BCUT2D eigenvalue weighted by atomic mass is 19.1. The van der Waals surface area contributed by atoms with Crippen LogP contribution in [0.25, 0.3) is 28.0 Å². The van der Waals surface area contributed by atoms with Crippen molar-refractivity contribution in [1.29, 1.82) is 0 Å². The van der Waals surface area contributed by atoms with Gasteiger partial charge in [-0.05, 0) is 54.6 Å². The molecule has 5 rings (SSSR count). The van der Waals surface area contributed by atoms with E-state index in [1.54, 1.807) is 36.5 Å². The second kappa shape index (κ2) is 8.62. The standard InChI is InChI=1S/C25H17FN4O4/c1-33-25(32)15-4-2-5-17(12-15)34-24-7-3-6-20-18(24)9-10-21(27-20)22-14-30(29-28-22)16-8-11-23(31)19(26)13-16/h2-14,31H,1H3. The van der Waals surface area contributed by atoms with E-state index in [0.29, 0.717) is 39.7 Å². The normalized spacial score (nSPS) is 10.9. The van der Waals surface area contributed by atoms with Crippen molar-refractivity contribution in [2.75, 3.05) is 7.11 Å². The number of carbonyl (C=O) groups is 1. The third kappa shape index (κ3) is 4.02. The van der Waals surface area contributed by atoms with Gasteiger partial charge in [-0.25, -0.2) is 18.9 Å². The van der Waals surface area contributed by atoms with Gasteiger partial charge in [0.25, 0.3) is 0 Å². The summed E-state index contributed by atoms with van der Waals surface area (Å²) in [4.78, 5) is 16.5. The first kappa shape index (κ1) is 21.1. The molecule has 0 aliphatic carbocycles. The second-order valence-electron chi connectivity index (χ2n) is 7.32. The molecule has 0 bridgehead atoms. The number of ether oxygens (including phenoxy) is 2. The SMILES string of the molecule is COC(=O)c1cccc(Oc2cccc3nc(-c4cn(-c5ccc(O)c(F)c5)nn4)ccc23)c1. The Morgan fingerprint density at radius 1 is 1.00 bits per heavy atom. The molecule has 0 amide bonds. The van der Waals surface area contributed by atoms with Crippen LogP contribution >= 0.6 is 0 Å². The van der Waals surface area contributed by atoms with Crippen molar-refractivity contribution < 1.29 is 23.8 Å². The molecule has 9 heteroatoms.